The molecule has 0 bridgehead atoms. The van der Waals surface area contributed by atoms with Gasteiger partial charge in [-0.2, -0.15) is 0 Å². The van der Waals surface area contributed by atoms with Crippen LogP contribution in [0, 0.1) is 0 Å². The number of hydrogen-bond donors (Lipinski definition) is 2. The number of methoxy groups -OCH3 is 1. The number of hydrogen-bond acceptors (Lipinski definition) is 4. The van der Waals surface area contributed by atoms with Crippen molar-refractivity contribution in [2.45, 2.75) is 11.7 Å². The number of benzene rings is 2. The molecular formula is C17H20O4. The van der Waals surface area contributed by atoms with E-state index in [9.17, 15) is 10.2 Å². The second-order valence-corrected chi connectivity index (χ2v) is 4.78. The lowest BCUT2D eigenvalue weighted by Gasteiger charge is -2.36. The molecular weight excluding hydrogens is 268 g/mol. The Bertz CT molecular complexity index is 529. The van der Waals surface area contributed by atoms with Gasteiger partial charge in [0.1, 0.15) is 18.5 Å². The van der Waals surface area contributed by atoms with Crippen LogP contribution in [0.4, 0.5) is 0 Å². The van der Waals surface area contributed by atoms with Gasteiger partial charge in [-0.25, -0.2) is 0 Å². The first-order chi connectivity index (χ1) is 10.2. The molecule has 0 unspecified atom stereocenters. The van der Waals surface area contributed by atoms with Gasteiger partial charge in [-0.3, -0.25) is 0 Å². The minimum atomic E-state index is -1.27. The van der Waals surface area contributed by atoms with Crippen molar-refractivity contribution in [2.24, 2.45) is 0 Å². The van der Waals surface area contributed by atoms with E-state index in [0.717, 1.165) is 0 Å². The molecule has 0 radical (unpaired) electrons. The molecule has 0 aromatic heterocycles. The van der Waals surface area contributed by atoms with Crippen molar-refractivity contribution in [3.05, 3.63) is 71.8 Å². The quantitative estimate of drug-likeness (QED) is 0.767. The Morgan fingerprint density at radius 2 is 1.57 bits per heavy atom. The molecule has 2 aromatic carbocycles. The Morgan fingerprint density at radius 1 is 1.00 bits per heavy atom. The summed E-state index contributed by atoms with van der Waals surface area (Å²) < 4.78 is 10.7. The average Bonchev–Trinajstić information content (AvgIpc) is 2.57. The minimum Gasteiger partial charge on any atom is -0.393 e. The summed E-state index contributed by atoms with van der Waals surface area (Å²) in [6.45, 7) is -0.393. The van der Waals surface area contributed by atoms with Crippen molar-refractivity contribution in [3.8, 4) is 0 Å². The molecule has 0 aliphatic carbocycles. The monoisotopic (exact) mass is 288 g/mol. The van der Waals surface area contributed by atoms with Crippen LogP contribution < -0.4 is 0 Å². The lowest BCUT2D eigenvalue weighted by molar-refractivity contribution is -0.202. The third kappa shape index (κ3) is 3.31. The van der Waals surface area contributed by atoms with Crippen LogP contribution in [-0.4, -0.2) is 30.7 Å². The predicted molar refractivity (Wildman–Crippen MR) is 79.6 cm³/mol. The zero-order valence-electron chi connectivity index (χ0n) is 12.0. The molecule has 2 atom stereocenters. The number of rotatable bonds is 7. The van der Waals surface area contributed by atoms with E-state index >= 15 is 0 Å². The van der Waals surface area contributed by atoms with Gasteiger partial charge in [0.25, 0.3) is 0 Å². The normalized spacial score (nSPS) is 15.4. The van der Waals surface area contributed by atoms with E-state index in [1.165, 1.54) is 7.11 Å². The minimum absolute atomic E-state index is 0.0284. The fourth-order valence-electron chi connectivity index (χ4n) is 2.33. The maximum absolute atomic E-state index is 10.8. The summed E-state index contributed by atoms with van der Waals surface area (Å²) in [5, 5.41) is 20.7. The van der Waals surface area contributed by atoms with Crippen LogP contribution in [0.3, 0.4) is 0 Å². The van der Waals surface area contributed by atoms with Gasteiger partial charge in [0.2, 0.25) is 0 Å². The predicted octanol–water partition coefficient (Wildman–Crippen LogP) is 2.23. The molecule has 112 valence electrons. The first kappa shape index (κ1) is 15.7. The highest BCUT2D eigenvalue weighted by molar-refractivity contribution is 5.30. The molecule has 0 fully saturated rings. The van der Waals surface area contributed by atoms with Crippen molar-refractivity contribution in [1.82, 2.24) is 0 Å². The maximum Gasteiger partial charge on any atom is 0.149 e. The van der Waals surface area contributed by atoms with E-state index in [0.29, 0.717) is 11.1 Å². The molecule has 21 heavy (non-hydrogen) atoms. The third-order valence-electron chi connectivity index (χ3n) is 3.49. The van der Waals surface area contributed by atoms with Gasteiger partial charge in [0, 0.05) is 7.11 Å². The van der Waals surface area contributed by atoms with E-state index in [1.807, 2.05) is 48.5 Å². The van der Waals surface area contributed by atoms with Crippen LogP contribution in [-0.2, 0) is 15.1 Å². The van der Waals surface area contributed by atoms with Crippen LogP contribution in [0.5, 0.6) is 0 Å². The molecule has 0 saturated carbocycles. The zero-order chi connectivity index (χ0) is 15.1. The van der Waals surface area contributed by atoms with Crippen molar-refractivity contribution in [1.29, 1.82) is 0 Å². The van der Waals surface area contributed by atoms with Gasteiger partial charge in [-0.05, 0) is 11.1 Å². The van der Waals surface area contributed by atoms with E-state index in [2.05, 4.69) is 0 Å². The standard InChI is InChI=1S/C17H20O4/c1-20-13-21-17(12-18,15-10-6-3-7-11-15)16(19)14-8-4-2-5-9-14/h2-11,16,18-19H,12-13H2,1H3/t16-,17-/m1/s1. The van der Waals surface area contributed by atoms with Crippen LogP contribution >= 0.6 is 0 Å². The lowest BCUT2D eigenvalue weighted by Crippen LogP contribution is -2.41. The average molecular weight is 288 g/mol. The van der Waals surface area contributed by atoms with E-state index in [-0.39, 0.29) is 13.4 Å². The van der Waals surface area contributed by atoms with Gasteiger partial charge in [-0.15, -0.1) is 0 Å². The van der Waals surface area contributed by atoms with Gasteiger partial charge >= 0.3 is 0 Å². The van der Waals surface area contributed by atoms with Crippen LogP contribution in [0.25, 0.3) is 0 Å². The summed E-state index contributed by atoms with van der Waals surface area (Å²) in [5.41, 5.74) is 0.103. The number of ether oxygens (including phenoxy) is 2. The van der Waals surface area contributed by atoms with Crippen molar-refractivity contribution < 1.29 is 19.7 Å². The second-order valence-electron chi connectivity index (χ2n) is 4.78. The second kappa shape index (κ2) is 7.33. The van der Waals surface area contributed by atoms with E-state index in [4.69, 9.17) is 9.47 Å². The Hall–Kier alpha value is -1.72. The number of aliphatic hydroxyl groups is 2. The highest BCUT2D eigenvalue weighted by Gasteiger charge is 2.41. The Labute approximate surface area is 124 Å². The molecule has 0 aliphatic rings. The lowest BCUT2D eigenvalue weighted by atomic mass is 9.85. The first-order valence-corrected chi connectivity index (χ1v) is 6.77. The molecule has 4 heteroatoms. The fraction of sp³-hybridized carbons (Fsp3) is 0.294. The molecule has 4 nitrogen and oxygen atoms in total. The van der Waals surface area contributed by atoms with Crippen molar-refractivity contribution in [3.63, 3.8) is 0 Å². The number of aliphatic hydroxyl groups excluding tert-OH is 2. The Balaban J connectivity index is 2.44. The topological polar surface area (TPSA) is 58.9 Å². The summed E-state index contributed by atoms with van der Waals surface area (Å²) in [5.74, 6) is 0. The van der Waals surface area contributed by atoms with Gasteiger partial charge in [-0.1, -0.05) is 60.7 Å². The molecule has 0 aliphatic heterocycles. The fourth-order valence-corrected chi connectivity index (χ4v) is 2.33. The van der Waals surface area contributed by atoms with Gasteiger partial charge in [0.05, 0.1) is 6.61 Å². The maximum atomic E-state index is 10.8. The summed E-state index contributed by atoms with van der Waals surface area (Å²) in [6, 6.07) is 18.3. The molecule has 0 amide bonds. The largest absolute Gasteiger partial charge is 0.393 e. The Kier molecular flexibility index (Phi) is 5.47. The first-order valence-electron chi connectivity index (χ1n) is 6.77. The summed E-state index contributed by atoms with van der Waals surface area (Å²) in [7, 11) is 1.50. The molecule has 2 rings (SSSR count). The summed E-state index contributed by atoms with van der Waals surface area (Å²) in [6.07, 6.45) is -1.01. The van der Waals surface area contributed by atoms with Crippen molar-refractivity contribution in [2.75, 3.05) is 20.5 Å². The molecule has 0 saturated heterocycles. The van der Waals surface area contributed by atoms with Gasteiger partial charge in [0.15, 0.2) is 0 Å². The zero-order valence-corrected chi connectivity index (χ0v) is 12.0. The molecule has 0 spiro atoms. The van der Waals surface area contributed by atoms with Crippen LogP contribution in [0.15, 0.2) is 60.7 Å². The van der Waals surface area contributed by atoms with Gasteiger partial charge < -0.3 is 19.7 Å². The van der Waals surface area contributed by atoms with Crippen LogP contribution in [0.2, 0.25) is 0 Å². The highest BCUT2D eigenvalue weighted by atomic mass is 16.7. The molecule has 0 heterocycles. The SMILES string of the molecule is COCO[C@](CO)(c1ccccc1)[C@H](O)c1ccccc1. The summed E-state index contributed by atoms with van der Waals surface area (Å²) in [4.78, 5) is 0. The van der Waals surface area contributed by atoms with E-state index < -0.39 is 11.7 Å². The highest BCUT2D eigenvalue weighted by Crippen LogP contribution is 2.38. The molecule has 2 N–H and O–H groups in total. The third-order valence-corrected chi connectivity index (χ3v) is 3.49. The molecule has 2 aromatic rings. The van der Waals surface area contributed by atoms with Crippen LogP contribution in [0.1, 0.15) is 17.2 Å². The van der Waals surface area contributed by atoms with E-state index in [1.54, 1.807) is 12.1 Å². The summed E-state index contributed by atoms with van der Waals surface area (Å²) >= 11 is 0. The van der Waals surface area contributed by atoms with Crippen molar-refractivity contribution >= 4 is 0 Å². The smallest absolute Gasteiger partial charge is 0.149 e. The Morgan fingerprint density at radius 3 is 2.10 bits per heavy atom.